The number of para-hydroxylation sites is 1. The van der Waals surface area contributed by atoms with E-state index in [-0.39, 0.29) is 11.3 Å². The molecule has 0 spiro atoms. The summed E-state index contributed by atoms with van der Waals surface area (Å²) in [5, 5.41) is 13.2. The van der Waals surface area contributed by atoms with Gasteiger partial charge >= 0.3 is 10.3 Å². The summed E-state index contributed by atoms with van der Waals surface area (Å²) in [6.45, 7) is 0. The molecular formula is C7H6N2O3S. The first kappa shape index (κ1) is 9.51. The lowest BCUT2D eigenvalue weighted by molar-refractivity contribution is 0.487. The van der Waals surface area contributed by atoms with Gasteiger partial charge in [-0.25, -0.2) is 0 Å². The van der Waals surface area contributed by atoms with E-state index >= 15 is 0 Å². The van der Waals surface area contributed by atoms with Gasteiger partial charge in [0, 0.05) is 0 Å². The van der Waals surface area contributed by atoms with Crippen LogP contribution in [-0.2, 0) is 10.3 Å². The topological polar surface area (TPSA) is 93.2 Å². The lowest BCUT2D eigenvalue weighted by atomic mass is 10.2. The zero-order valence-electron chi connectivity index (χ0n) is 6.47. The smallest absolute Gasteiger partial charge is 0.370 e. The Bertz CT molecular complexity index is 447. The van der Waals surface area contributed by atoms with Crippen LogP contribution in [-0.4, -0.2) is 8.42 Å². The molecule has 0 aliphatic rings. The maximum Gasteiger partial charge on any atom is 0.380 e. The zero-order valence-corrected chi connectivity index (χ0v) is 7.28. The molecule has 0 aromatic heterocycles. The van der Waals surface area contributed by atoms with Gasteiger partial charge in [-0.1, -0.05) is 12.1 Å². The Morgan fingerprint density at radius 3 is 2.54 bits per heavy atom. The van der Waals surface area contributed by atoms with E-state index in [1.165, 1.54) is 12.1 Å². The van der Waals surface area contributed by atoms with E-state index in [1.54, 1.807) is 18.2 Å². The first-order valence-electron chi connectivity index (χ1n) is 3.24. The van der Waals surface area contributed by atoms with Gasteiger partial charge in [0.15, 0.2) is 5.75 Å². The van der Waals surface area contributed by atoms with Crippen molar-refractivity contribution in [1.82, 2.24) is 0 Å². The predicted octanol–water partition coefficient (Wildman–Crippen LogP) is 0.141. The summed E-state index contributed by atoms with van der Waals surface area (Å²) >= 11 is 0. The fourth-order valence-corrected chi connectivity index (χ4v) is 1.15. The molecule has 0 aliphatic carbocycles. The maximum absolute atomic E-state index is 10.5. The second-order valence-corrected chi connectivity index (χ2v) is 3.34. The van der Waals surface area contributed by atoms with Gasteiger partial charge in [0.05, 0.1) is 5.56 Å². The van der Waals surface area contributed by atoms with E-state index in [9.17, 15) is 8.42 Å². The molecular weight excluding hydrogens is 192 g/mol. The third-order valence-electron chi connectivity index (χ3n) is 1.21. The fraction of sp³-hybridized carbons (Fsp3) is 0. The minimum absolute atomic E-state index is 0.0625. The average molecular weight is 198 g/mol. The van der Waals surface area contributed by atoms with E-state index in [4.69, 9.17) is 5.26 Å². The maximum atomic E-state index is 10.5. The van der Waals surface area contributed by atoms with Crippen molar-refractivity contribution in [2.24, 2.45) is 5.14 Å². The quantitative estimate of drug-likeness (QED) is 0.731. The molecule has 1 aromatic rings. The normalized spacial score (nSPS) is 10.5. The van der Waals surface area contributed by atoms with Crippen molar-refractivity contribution in [3.63, 3.8) is 0 Å². The minimum atomic E-state index is -4.06. The summed E-state index contributed by atoms with van der Waals surface area (Å²) in [7, 11) is -4.06. The molecule has 0 radical (unpaired) electrons. The van der Waals surface area contributed by atoms with Gasteiger partial charge < -0.3 is 4.18 Å². The predicted molar refractivity (Wildman–Crippen MR) is 44.9 cm³/mol. The highest BCUT2D eigenvalue weighted by Crippen LogP contribution is 2.17. The summed E-state index contributed by atoms with van der Waals surface area (Å²) in [6, 6.07) is 7.69. The van der Waals surface area contributed by atoms with Crippen molar-refractivity contribution in [3.05, 3.63) is 29.8 Å². The van der Waals surface area contributed by atoms with Crippen molar-refractivity contribution >= 4 is 10.3 Å². The average Bonchev–Trinajstić information content (AvgIpc) is 2.02. The molecule has 0 saturated heterocycles. The van der Waals surface area contributed by atoms with Gasteiger partial charge in [-0.15, -0.1) is 0 Å². The highest BCUT2D eigenvalue weighted by atomic mass is 32.2. The van der Waals surface area contributed by atoms with Crippen LogP contribution in [0.4, 0.5) is 0 Å². The van der Waals surface area contributed by atoms with Gasteiger partial charge in [-0.3, -0.25) is 0 Å². The molecule has 0 aliphatic heterocycles. The molecule has 0 amide bonds. The van der Waals surface area contributed by atoms with Crippen LogP contribution in [0.1, 0.15) is 5.56 Å². The Morgan fingerprint density at radius 1 is 1.38 bits per heavy atom. The molecule has 6 heteroatoms. The number of hydrogen-bond donors (Lipinski definition) is 1. The summed E-state index contributed by atoms with van der Waals surface area (Å²) in [5.41, 5.74) is 0.122. The molecule has 1 rings (SSSR count). The molecule has 1 aromatic carbocycles. The van der Waals surface area contributed by atoms with Crippen LogP contribution in [0, 0.1) is 11.3 Å². The second kappa shape index (κ2) is 3.43. The van der Waals surface area contributed by atoms with Crippen molar-refractivity contribution in [1.29, 1.82) is 5.26 Å². The standard InChI is InChI=1S/C7H6N2O3S/c8-5-6-3-1-2-4-7(6)12-13(9,10)11/h1-4H,(H2,9,10,11). The lowest BCUT2D eigenvalue weighted by Gasteiger charge is -2.02. The van der Waals surface area contributed by atoms with Gasteiger partial charge in [-0.2, -0.15) is 18.8 Å². The number of nitrogens with zero attached hydrogens (tertiary/aromatic N) is 1. The number of nitriles is 1. The Hall–Kier alpha value is -1.58. The van der Waals surface area contributed by atoms with Crippen molar-refractivity contribution in [2.45, 2.75) is 0 Å². The van der Waals surface area contributed by atoms with Gasteiger partial charge in [-0.05, 0) is 12.1 Å². The summed E-state index contributed by atoms with van der Waals surface area (Å²) in [6.07, 6.45) is 0. The molecule has 0 unspecified atom stereocenters. The number of benzene rings is 1. The molecule has 0 atom stereocenters. The molecule has 5 nitrogen and oxygen atoms in total. The van der Waals surface area contributed by atoms with Crippen LogP contribution in [0.25, 0.3) is 0 Å². The SMILES string of the molecule is N#Cc1ccccc1OS(N)(=O)=O. The fourth-order valence-electron chi connectivity index (χ4n) is 0.757. The third-order valence-corrected chi connectivity index (χ3v) is 1.63. The highest BCUT2D eigenvalue weighted by molar-refractivity contribution is 7.84. The number of nitrogens with two attached hydrogens (primary N) is 1. The Morgan fingerprint density at radius 2 is 2.00 bits per heavy atom. The van der Waals surface area contributed by atoms with Gasteiger partial charge in [0.1, 0.15) is 6.07 Å². The van der Waals surface area contributed by atoms with Crippen LogP contribution in [0.2, 0.25) is 0 Å². The van der Waals surface area contributed by atoms with Crippen molar-refractivity contribution < 1.29 is 12.6 Å². The Labute approximate surface area is 75.6 Å². The molecule has 13 heavy (non-hydrogen) atoms. The van der Waals surface area contributed by atoms with E-state index in [2.05, 4.69) is 9.32 Å². The molecule has 0 saturated carbocycles. The minimum Gasteiger partial charge on any atom is -0.370 e. The third kappa shape index (κ3) is 2.74. The van der Waals surface area contributed by atoms with Crippen LogP contribution in [0.15, 0.2) is 24.3 Å². The second-order valence-electron chi connectivity index (χ2n) is 2.18. The van der Waals surface area contributed by atoms with Crippen molar-refractivity contribution in [2.75, 3.05) is 0 Å². The largest absolute Gasteiger partial charge is 0.380 e. The summed E-state index contributed by atoms with van der Waals surface area (Å²) in [4.78, 5) is 0. The Kier molecular flexibility index (Phi) is 2.51. The molecule has 2 N–H and O–H groups in total. The van der Waals surface area contributed by atoms with E-state index in [0.717, 1.165) is 0 Å². The van der Waals surface area contributed by atoms with Crippen LogP contribution >= 0.6 is 0 Å². The van der Waals surface area contributed by atoms with Crippen LogP contribution < -0.4 is 9.32 Å². The van der Waals surface area contributed by atoms with E-state index in [1.807, 2.05) is 0 Å². The lowest BCUT2D eigenvalue weighted by Crippen LogP contribution is -2.19. The summed E-state index contributed by atoms with van der Waals surface area (Å²) < 4.78 is 25.4. The highest BCUT2D eigenvalue weighted by Gasteiger charge is 2.08. The molecule has 0 fully saturated rings. The zero-order chi connectivity index (χ0) is 9.90. The van der Waals surface area contributed by atoms with E-state index < -0.39 is 10.3 Å². The van der Waals surface area contributed by atoms with Gasteiger partial charge in [0.2, 0.25) is 0 Å². The summed E-state index contributed by atoms with van der Waals surface area (Å²) in [5.74, 6) is -0.0625. The number of hydrogen-bond acceptors (Lipinski definition) is 4. The first-order valence-corrected chi connectivity index (χ1v) is 4.71. The van der Waals surface area contributed by atoms with Crippen LogP contribution in [0.5, 0.6) is 5.75 Å². The molecule has 0 heterocycles. The number of rotatable bonds is 2. The van der Waals surface area contributed by atoms with Crippen molar-refractivity contribution in [3.8, 4) is 11.8 Å². The van der Waals surface area contributed by atoms with Crippen LogP contribution in [0.3, 0.4) is 0 Å². The monoisotopic (exact) mass is 198 g/mol. The molecule has 0 bridgehead atoms. The van der Waals surface area contributed by atoms with E-state index in [0.29, 0.717) is 0 Å². The van der Waals surface area contributed by atoms with Gasteiger partial charge in [0.25, 0.3) is 0 Å². The molecule has 68 valence electrons. The first-order chi connectivity index (χ1) is 6.03. The Balaban J connectivity index is 3.10.